The normalized spacial score (nSPS) is 19.1. The number of nitrogens with one attached hydrogen (secondary N) is 1. The lowest BCUT2D eigenvalue weighted by molar-refractivity contribution is 0.0595. The first-order valence-electron chi connectivity index (χ1n) is 7.57. The smallest absolute Gasteiger partial charge is 0.0726 e. The summed E-state index contributed by atoms with van der Waals surface area (Å²) in [5.74, 6) is 0.626. The molecule has 1 saturated heterocycles. The van der Waals surface area contributed by atoms with Crippen LogP contribution < -0.4 is 5.32 Å². The van der Waals surface area contributed by atoms with Gasteiger partial charge >= 0.3 is 0 Å². The van der Waals surface area contributed by atoms with Crippen molar-refractivity contribution in [2.75, 3.05) is 25.1 Å². The van der Waals surface area contributed by atoms with Gasteiger partial charge in [0.15, 0.2) is 0 Å². The molecule has 2 aromatic rings. The van der Waals surface area contributed by atoms with E-state index in [1.807, 2.05) is 6.07 Å². The number of benzene rings is 1. The van der Waals surface area contributed by atoms with Crippen molar-refractivity contribution >= 4 is 16.6 Å². The maximum Gasteiger partial charge on any atom is 0.0726 e. The molecule has 2 heterocycles. The lowest BCUT2D eigenvalue weighted by Crippen LogP contribution is -2.24. The highest BCUT2D eigenvalue weighted by molar-refractivity contribution is 5.91. The van der Waals surface area contributed by atoms with Gasteiger partial charge in [-0.05, 0) is 37.3 Å². The molecule has 0 radical (unpaired) electrons. The zero-order valence-corrected chi connectivity index (χ0v) is 12.1. The number of para-hydroxylation sites is 1. The second kappa shape index (κ2) is 6.23. The molecule has 1 N–H and O–H groups in total. The first-order chi connectivity index (χ1) is 9.86. The quantitative estimate of drug-likeness (QED) is 0.921. The third kappa shape index (κ3) is 2.93. The van der Waals surface area contributed by atoms with E-state index >= 15 is 0 Å². The number of hydrogen-bond donors (Lipinski definition) is 1. The molecule has 20 heavy (non-hydrogen) atoms. The number of fused-ring (bicyclic) bond motifs is 1. The van der Waals surface area contributed by atoms with Gasteiger partial charge in [-0.15, -0.1) is 0 Å². The van der Waals surface area contributed by atoms with Crippen LogP contribution >= 0.6 is 0 Å². The molecule has 1 atom stereocenters. The zero-order valence-electron chi connectivity index (χ0n) is 12.1. The lowest BCUT2D eigenvalue weighted by Gasteiger charge is -2.23. The molecule has 106 valence electrons. The van der Waals surface area contributed by atoms with Gasteiger partial charge in [-0.1, -0.05) is 25.1 Å². The highest BCUT2D eigenvalue weighted by Crippen LogP contribution is 2.24. The molecule has 1 aliphatic heterocycles. The third-order valence-corrected chi connectivity index (χ3v) is 3.97. The van der Waals surface area contributed by atoms with Crippen LogP contribution in [0, 0.1) is 5.92 Å². The minimum absolute atomic E-state index is 0.626. The third-order valence-electron chi connectivity index (χ3n) is 3.97. The summed E-state index contributed by atoms with van der Waals surface area (Å²) in [6.45, 7) is 4.94. The van der Waals surface area contributed by atoms with E-state index in [0.29, 0.717) is 5.92 Å². The fourth-order valence-electron chi connectivity index (χ4n) is 2.78. The average Bonchev–Trinajstić information content (AvgIpc) is 2.53. The van der Waals surface area contributed by atoms with E-state index in [1.165, 1.54) is 23.9 Å². The Hall–Kier alpha value is -1.61. The van der Waals surface area contributed by atoms with Crippen molar-refractivity contribution in [3.8, 4) is 0 Å². The molecule has 1 aromatic carbocycles. The Morgan fingerprint density at radius 1 is 1.35 bits per heavy atom. The summed E-state index contributed by atoms with van der Waals surface area (Å²) in [4.78, 5) is 4.68. The van der Waals surface area contributed by atoms with Crippen LogP contribution in [0.1, 0.15) is 25.5 Å². The molecule has 1 fully saturated rings. The predicted octanol–water partition coefficient (Wildman–Crippen LogP) is 3.64. The molecule has 1 aliphatic rings. The largest absolute Gasteiger partial charge is 0.384 e. The standard InChI is InChI=1S/C17H22N2O/c1-2-14-10-17(15-7-3-4-8-16(15)19-14)18-11-13-6-5-9-20-12-13/h3-4,7-8,10,13H,2,5-6,9,11-12H2,1H3,(H,18,19). The number of ether oxygens (including phenoxy) is 1. The molecule has 1 aromatic heterocycles. The van der Waals surface area contributed by atoms with Crippen molar-refractivity contribution in [1.29, 1.82) is 0 Å². The van der Waals surface area contributed by atoms with E-state index in [1.54, 1.807) is 0 Å². The van der Waals surface area contributed by atoms with Crippen molar-refractivity contribution in [1.82, 2.24) is 4.98 Å². The van der Waals surface area contributed by atoms with Crippen molar-refractivity contribution in [2.24, 2.45) is 5.92 Å². The average molecular weight is 270 g/mol. The first-order valence-corrected chi connectivity index (χ1v) is 7.57. The lowest BCUT2D eigenvalue weighted by atomic mass is 10.0. The summed E-state index contributed by atoms with van der Waals surface area (Å²) < 4.78 is 5.55. The molecular formula is C17H22N2O. The summed E-state index contributed by atoms with van der Waals surface area (Å²) in [5.41, 5.74) is 3.43. The Morgan fingerprint density at radius 2 is 2.25 bits per heavy atom. The second-order valence-corrected chi connectivity index (χ2v) is 5.50. The van der Waals surface area contributed by atoms with Gasteiger partial charge < -0.3 is 10.1 Å². The van der Waals surface area contributed by atoms with Crippen LogP contribution in [0.2, 0.25) is 0 Å². The number of pyridine rings is 1. The zero-order chi connectivity index (χ0) is 13.8. The molecule has 0 bridgehead atoms. The Balaban J connectivity index is 1.81. The maximum absolute atomic E-state index is 5.55. The Morgan fingerprint density at radius 3 is 3.05 bits per heavy atom. The van der Waals surface area contributed by atoms with E-state index in [9.17, 15) is 0 Å². The van der Waals surface area contributed by atoms with Crippen LogP contribution in [0.4, 0.5) is 5.69 Å². The summed E-state index contributed by atoms with van der Waals surface area (Å²) >= 11 is 0. The van der Waals surface area contributed by atoms with E-state index in [2.05, 4.69) is 41.5 Å². The van der Waals surface area contributed by atoms with Gasteiger partial charge in [0.1, 0.15) is 0 Å². The summed E-state index contributed by atoms with van der Waals surface area (Å²) in [7, 11) is 0. The van der Waals surface area contributed by atoms with Crippen LogP contribution in [0.5, 0.6) is 0 Å². The fourth-order valence-corrected chi connectivity index (χ4v) is 2.78. The Labute approximate surface area is 120 Å². The van der Waals surface area contributed by atoms with Crippen molar-refractivity contribution < 1.29 is 4.74 Å². The molecule has 0 spiro atoms. The van der Waals surface area contributed by atoms with Crippen LogP contribution in [-0.2, 0) is 11.2 Å². The van der Waals surface area contributed by atoms with Crippen LogP contribution in [0.3, 0.4) is 0 Å². The summed E-state index contributed by atoms with van der Waals surface area (Å²) in [6, 6.07) is 10.5. The van der Waals surface area contributed by atoms with Crippen molar-refractivity contribution in [3.63, 3.8) is 0 Å². The topological polar surface area (TPSA) is 34.1 Å². The number of nitrogens with zero attached hydrogens (tertiary/aromatic N) is 1. The number of anilines is 1. The molecule has 0 aliphatic carbocycles. The van der Waals surface area contributed by atoms with Gasteiger partial charge in [-0.2, -0.15) is 0 Å². The summed E-state index contributed by atoms with van der Waals surface area (Å²) in [5, 5.41) is 4.82. The molecular weight excluding hydrogens is 248 g/mol. The van der Waals surface area contributed by atoms with Gasteiger partial charge in [0, 0.05) is 29.9 Å². The number of hydrogen-bond acceptors (Lipinski definition) is 3. The van der Waals surface area contributed by atoms with E-state index < -0.39 is 0 Å². The highest BCUT2D eigenvalue weighted by Gasteiger charge is 2.14. The Kier molecular flexibility index (Phi) is 4.16. The monoisotopic (exact) mass is 270 g/mol. The van der Waals surface area contributed by atoms with Crippen LogP contribution in [0.15, 0.2) is 30.3 Å². The molecule has 1 unspecified atom stereocenters. The first kappa shape index (κ1) is 13.4. The fraction of sp³-hybridized carbons (Fsp3) is 0.471. The number of aryl methyl sites for hydroxylation is 1. The molecule has 3 heteroatoms. The number of rotatable bonds is 4. The van der Waals surface area contributed by atoms with Gasteiger partial charge in [-0.25, -0.2) is 0 Å². The van der Waals surface area contributed by atoms with Crippen LogP contribution in [-0.4, -0.2) is 24.7 Å². The van der Waals surface area contributed by atoms with Gasteiger partial charge in [0.2, 0.25) is 0 Å². The van der Waals surface area contributed by atoms with Crippen molar-refractivity contribution in [2.45, 2.75) is 26.2 Å². The minimum atomic E-state index is 0.626. The van der Waals surface area contributed by atoms with E-state index in [-0.39, 0.29) is 0 Å². The molecule has 0 amide bonds. The SMILES string of the molecule is CCc1cc(NCC2CCCOC2)c2ccccc2n1. The maximum atomic E-state index is 5.55. The van der Waals surface area contributed by atoms with Crippen molar-refractivity contribution in [3.05, 3.63) is 36.0 Å². The van der Waals surface area contributed by atoms with Gasteiger partial charge in [0.05, 0.1) is 12.1 Å². The minimum Gasteiger partial charge on any atom is -0.384 e. The molecule has 0 saturated carbocycles. The molecule has 3 rings (SSSR count). The number of aromatic nitrogens is 1. The van der Waals surface area contributed by atoms with Gasteiger partial charge in [0.25, 0.3) is 0 Å². The van der Waals surface area contributed by atoms with E-state index in [0.717, 1.165) is 37.4 Å². The second-order valence-electron chi connectivity index (χ2n) is 5.50. The molecule has 3 nitrogen and oxygen atoms in total. The summed E-state index contributed by atoms with van der Waals surface area (Å²) in [6.07, 6.45) is 3.41. The van der Waals surface area contributed by atoms with Crippen LogP contribution in [0.25, 0.3) is 10.9 Å². The highest BCUT2D eigenvalue weighted by atomic mass is 16.5. The Bertz CT molecular complexity index is 576. The predicted molar refractivity (Wildman–Crippen MR) is 83.2 cm³/mol. The van der Waals surface area contributed by atoms with E-state index in [4.69, 9.17) is 4.74 Å². The van der Waals surface area contributed by atoms with Gasteiger partial charge in [-0.3, -0.25) is 4.98 Å².